The van der Waals surface area contributed by atoms with Crippen molar-refractivity contribution in [3.05, 3.63) is 48.0 Å². The van der Waals surface area contributed by atoms with Crippen LogP contribution in [0.25, 0.3) is 0 Å². The van der Waals surface area contributed by atoms with Gasteiger partial charge in [0.25, 0.3) is 0 Å². The van der Waals surface area contributed by atoms with Gasteiger partial charge in [0.1, 0.15) is 11.6 Å². The summed E-state index contributed by atoms with van der Waals surface area (Å²) in [6.45, 7) is 3.45. The number of ether oxygens (including phenoxy) is 1. The number of nitrogens with zero attached hydrogens (tertiary/aromatic N) is 2. The molecule has 3 atom stereocenters. The topological polar surface area (TPSA) is 41.1 Å². The molecule has 4 rings (SSSR count). The van der Waals surface area contributed by atoms with Gasteiger partial charge in [0.05, 0.1) is 12.3 Å². The molecule has 23 heavy (non-hydrogen) atoms. The predicted octanol–water partition coefficient (Wildman–Crippen LogP) is 2.88. The molecule has 0 unspecified atom stereocenters. The van der Waals surface area contributed by atoms with E-state index in [9.17, 15) is 4.39 Å². The molecule has 122 valence electrons. The molecule has 1 aliphatic heterocycles. The van der Waals surface area contributed by atoms with Crippen molar-refractivity contribution in [2.75, 3.05) is 19.6 Å². The smallest absolute Gasteiger partial charge is 0.123 e. The van der Waals surface area contributed by atoms with Gasteiger partial charge in [0.15, 0.2) is 0 Å². The third kappa shape index (κ3) is 3.39. The molecule has 4 nitrogen and oxygen atoms in total. The standard InChI is InChI=1S/C18H22FN3O/c19-16-1-3-17(4-2-16)23-18-7-14-11-22(12-15(14)8-18)6-5-13-9-20-21-10-13/h1-4,9-10,14-15,18H,5-8,11-12H2,(H,20,21)/t14-,15+,18+. The lowest BCUT2D eigenvalue weighted by Gasteiger charge is -2.19. The van der Waals surface area contributed by atoms with Crippen LogP contribution in [0.2, 0.25) is 0 Å². The van der Waals surface area contributed by atoms with Gasteiger partial charge in [-0.2, -0.15) is 5.10 Å². The lowest BCUT2D eigenvalue weighted by Crippen LogP contribution is -2.26. The van der Waals surface area contributed by atoms with Crippen molar-refractivity contribution in [3.63, 3.8) is 0 Å². The lowest BCUT2D eigenvalue weighted by molar-refractivity contribution is 0.186. The van der Waals surface area contributed by atoms with Crippen LogP contribution < -0.4 is 4.74 Å². The zero-order valence-electron chi connectivity index (χ0n) is 13.1. The van der Waals surface area contributed by atoms with Crippen LogP contribution >= 0.6 is 0 Å². The Bertz CT molecular complexity index is 614. The second-order valence-electron chi connectivity index (χ2n) is 6.80. The number of fused-ring (bicyclic) bond motifs is 1. The van der Waals surface area contributed by atoms with Crippen LogP contribution in [0, 0.1) is 17.7 Å². The van der Waals surface area contributed by atoms with Crippen LogP contribution in [0.15, 0.2) is 36.7 Å². The molecule has 0 spiro atoms. The maximum Gasteiger partial charge on any atom is 0.123 e. The molecular formula is C18H22FN3O. The molecule has 1 aliphatic carbocycles. The molecule has 0 amide bonds. The third-order valence-corrected chi connectivity index (χ3v) is 5.17. The Labute approximate surface area is 135 Å². The van der Waals surface area contributed by atoms with Gasteiger partial charge >= 0.3 is 0 Å². The van der Waals surface area contributed by atoms with Crippen molar-refractivity contribution in [3.8, 4) is 5.75 Å². The molecule has 1 saturated carbocycles. The molecule has 2 fully saturated rings. The van der Waals surface area contributed by atoms with Gasteiger partial charge < -0.3 is 9.64 Å². The van der Waals surface area contributed by atoms with E-state index in [4.69, 9.17) is 4.74 Å². The highest BCUT2D eigenvalue weighted by Gasteiger charge is 2.41. The van der Waals surface area contributed by atoms with Gasteiger partial charge in [0, 0.05) is 25.8 Å². The van der Waals surface area contributed by atoms with Crippen molar-refractivity contribution in [1.29, 1.82) is 0 Å². The van der Waals surface area contributed by atoms with Gasteiger partial charge in [-0.15, -0.1) is 0 Å². The van der Waals surface area contributed by atoms with E-state index in [1.807, 2.05) is 12.4 Å². The van der Waals surface area contributed by atoms with E-state index in [-0.39, 0.29) is 11.9 Å². The van der Waals surface area contributed by atoms with Crippen LogP contribution in [0.4, 0.5) is 4.39 Å². The average molecular weight is 315 g/mol. The SMILES string of the molecule is Fc1ccc(O[C@H]2C[C@@H]3CN(CCc4cn[nH]c4)C[C@@H]3C2)cc1. The van der Waals surface area contributed by atoms with E-state index < -0.39 is 0 Å². The number of aromatic amines is 1. The molecule has 0 radical (unpaired) electrons. The second kappa shape index (κ2) is 6.32. The Morgan fingerprint density at radius 2 is 1.91 bits per heavy atom. The Morgan fingerprint density at radius 3 is 2.57 bits per heavy atom. The van der Waals surface area contributed by atoms with Crippen LogP contribution in [0.1, 0.15) is 18.4 Å². The molecule has 2 aromatic rings. The van der Waals surface area contributed by atoms with E-state index in [1.165, 1.54) is 30.8 Å². The Kier molecular flexibility index (Phi) is 4.04. The molecule has 1 aromatic heterocycles. The van der Waals surface area contributed by atoms with Crippen molar-refractivity contribution in [1.82, 2.24) is 15.1 Å². The highest BCUT2D eigenvalue weighted by Crippen LogP contribution is 2.39. The number of likely N-dealkylation sites (tertiary alicyclic amines) is 1. The van der Waals surface area contributed by atoms with Crippen molar-refractivity contribution >= 4 is 0 Å². The fraction of sp³-hybridized carbons (Fsp3) is 0.500. The molecule has 1 saturated heterocycles. The van der Waals surface area contributed by atoms with Crippen LogP contribution in [0.3, 0.4) is 0 Å². The number of halogens is 1. The highest BCUT2D eigenvalue weighted by molar-refractivity contribution is 5.22. The summed E-state index contributed by atoms with van der Waals surface area (Å²) in [5.41, 5.74) is 1.28. The molecule has 1 N–H and O–H groups in total. The van der Waals surface area contributed by atoms with Gasteiger partial charge in [-0.25, -0.2) is 4.39 Å². The average Bonchev–Trinajstić information content (AvgIpc) is 3.23. The van der Waals surface area contributed by atoms with E-state index in [0.717, 1.165) is 43.4 Å². The lowest BCUT2D eigenvalue weighted by atomic mass is 10.0. The number of nitrogens with one attached hydrogen (secondary N) is 1. The zero-order chi connectivity index (χ0) is 15.6. The van der Waals surface area contributed by atoms with E-state index in [0.29, 0.717) is 0 Å². The first kappa shape index (κ1) is 14.7. The van der Waals surface area contributed by atoms with Gasteiger partial charge in [-0.1, -0.05) is 0 Å². The van der Waals surface area contributed by atoms with E-state index in [1.54, 1.807) is 12.1 Å². The minimum Gasteiger partial charge on any atom is -0.490 e. The van der Waals surface area contributed by atoms with Crippen LogP contribution in [-0.2, 0) is 6.42 Å². The number of hydrogen-bond donors (Lipinski definition) is 1. The summed E-state index contributed by atoms with van der Waals surface area (Å²) in [4.78, 5) is 2.57. The molecule has 5 heteroatoms. The van der Waals surface area contributed by atoms with Crippen LogP contribution in [0.5, 0.6) is 5.75 Å². The maximum atomic E-state index is 12.9. The van der Waals surface area contributed by atoms with Crippen molar-refractivity contribution in [2.45, 2.75) is 25.4 Å². The summed E-state index contributed by atoms with van der Waals surface area (Å²) >= 11 is 0. The maximum absolute atomic E-state index is 12.9. The summed E-state index contributed by atoms with van der Waals surface area (Å²) in [6.07, 6.45) is 7.46. The third-order valence-electron chi connectivity index (χ3n) is 5.17. The fourth-order valence-corrected chi connectivity index (χ4v) is 4.03. The fourth-order valence-electron chi connectivity index (χ4n) is 4.03. The highest BCUT2D eigenvalue weighted by atomic mass is 19.1. The van der Waals surface area contributed by atoms with Gasteiger partial charge in [-0.05, 0) is 60.9 Å². The normalized spacial score (nSPS) is 27.3. The van der Waals surface area contributed by atoms with Gasteiger partial charge in [0.2, 0.25) is 0 Å². The number of H-pyrrole nitrogens is 1. The Balaban J connectivity index is 1.25. The monoisotopic (exact) mass is 315 g/mol. The number of aromatic nitrogens is 2. The van der Waals surface area contributed by atoms with Crippen molar-refractivity contribution < 1.29 is 9.13 Å². The van der Waals surface area contributed by atoms with E-state index in [2.05, 4.69) is 15.1 Å². The number of rotatable bonds is 5. The Hall–Kier alpha value is -1.88. The first-order valence-electron chi connectivity index (χ1n) is 8.38. The first-order valence-corrected chi connectivity index (χ1v) is 8.38. The Morgan fingerprint density at radius 1 is 1.17 bits per heavy atom. The molecule has 2 aliphatic rings. The minimum absolute atomic E-state index is 0.214. The summed E-state index contributed by atoms with van der Waals surface area (Å²) < 4.78 is 19.0. The second-order valence-corrected chi connectivity index (χ2v) is 6.80. The zero-order valence-corrected chi connectivity index (χ0v) is 13.1. The first-order chi connectivity index (χ1) is 11.3. The summed E-state index contributed by atoms with van der Waals surface area (Å²) in [7, 11) is 0. The summed E-state index contributed by atoms with van der Waals surface area (Å²) in [5, 5.41) is 6.87. The number of benzene rings is 1. The summed E-state index contributed by atoms with van der Waals surface area (Å²) in [5.74, 6) is 2.05. The van der Waals surface area contributed by atoms with E-state index >= 15 is 0 Å². The van der Waals surface area contributed by atoms with Crippen molar-refractivity contribution in [2.24, 2.45) is 11.8 Å². The molecule has 2 heterocycles. The predicted molar refractivity (Wildman–Crippen MR) is 85.8 cm³/mol. The minimum atomic E-state index is -0.214. The quantitative estimate of drug-likeness (QED) is 0.922. The number of hydrogen-bond acceptors (Lipinski definition) is 3. The largest absolute Gasteiger partial charge is 0.490 e. The summed E-state index contributed by atoms with van der Waals surface area (Å²) in [6, 6.07) is 6.37. The van der Waals surface area contributed by atoms with Gasteiger partial charge in [-0.3, -0.25) is 5.10 Å². The molecular weight excluding hydrogens is 293 g/mol. The van der Waals surface area contributed by atoms with Crippen LogP contribution in [-0.4, -0.2) is 40.8 Å². The molecule has 1 aromatic carbocycles. The molecule has 0 bridgehead atoms.